The molecule has 3 aliphatic rings. The van der Waals surface area contributed by atoms with Gasteiger partial charge in [0, 0.05) is 5.41 Å². The van der Waals surface area contributed by atoms with Crippen molar-refractivity contribution >= 4 is 11.6 Å². The summed E-state index contributed by atoms with van der Waals surface area (Å²) in [6.45, 7) is 2.19. The molecular weight excluding hydrogens is 306 g/mol. The van der Waals surface area contributed by atoms with Crippen molar-refractivity contribution in [3.63, 3.8) is 0 Å². The quantitative estimate of drug-likeness (QED) is 0.832. The summed E-state index contributed by atoms with van der Waals surface area (Å²) in [5.41, 5.74) is 0.732. The number of epoxide rings is 1. The Kier molecular flexibility index (Phi) is 3.39. The molecule has 5 heteroatoms. The third-order valence-corrected chi connectivity index (χ3v) is 6.00. The predicted molar refractivity (Wildman–Crippen MR) is 90.1 cm³/mol. The SMILES string of the molecule is COc1ccccc1NC(=O)C1=C(O)[C@H]2O[C@]23CCCC[C@@]3(C)C1. The van der Waals surface area contributed by atoms with Gasteiger partial charge in [-0.3, -0.25) is 4.79 Å². The van der Waals surface area contributed by atoms with Crippen LogP contribution in [0.1, 0.15) is 39.0 Å². The lowest BCUT2D eigenvalue weighted by molar-refractivity contribution is -0.113. The molecule has 2 fully saturated rings. The van der Waals surface area contributed by atoms with Gasteiger partial charge in [0.2, 0.25) is 0 Å². The summed E-state index contributed by atoms with van der Waals surface area (Å²) in [6, 6.07) is 7.27. The lowest BCUT2D eigenvalue weighted by Crippen LogP contribution is -2.45. The highest BCUT2D eigenvalue weighted by Crippen LogP contribution is 2.65. The fourth-order valence-corrected chi connectivity index (χ4v) is 4.54. The molecule has 1 spiro atoms. The summed E-state index contributed by atoms with van der Waals surface area (Å²) in [6.07, 6.45) is 4.52. The average molecular weight is 329 g/mol. The van der Waals surface area contributed by atoms with E-state index in [0.29, 0.717) is 23.4 Å². The predicted octanol–water partition coefficient (Wildman–Crippen LogP) is 3.57. The van der Waals surface area contributed by atoms with E-state index in [-0.39, 0.29) is 28.8 Å². The largest absolute Gasteiger partial charge is 0.509 e. The minimum atomic E-state index is -0.310. The topological polar surface area (TPSA) is 71.1 Å². The van der Waals surface area contributed by atoms with Crippen LogP contribution in [-0.2, 0) is 9.53 Å². The van der Waals surface area contributed by atoms with Crippen LogP contribution >= 0.6 is 0 Å². The van der Waals surface area contributed by atoms with Crippen molar-refractivity contribution < 1.29 is 19.4 Å². The number of aliphatic hydroxyl groups is 1. The van der Waals surface area contributed by atoms with Crippen LogP contribution in [0.15, 0.2) is 35.6 Å². The Morgan fingerprint density at radius 1 is 1.33 bits per heavy atom. The van der Waals surface area contributed by atoms with Gasteiger partial charge < -0.3 is 19.9 Å². The maximum Gasteiger partial charge on any atom is 0.255 e. The summed E-state index contributed by atoms with van der Waals surface area (Å²) in [5, 5.41) is 13.4. The maximum absolute atomic E-state index is 12.8. The van der Waals surface area contributed by atoms with Gasteiger partial charge in [-0.25, -0.2) is 0 Å². The first-order valence-corrected chi connectivity index (χ1v) is 8.55. The van der Waals surface area contributed by atoms with Gasteiger partial charge >= 0.3 is 0 Å². The van der Waals surface area contributed by atoms with Crippen molar-refractivity contribution in [3.8, 4) is 5.75 Å². The summed E-state index contributed by atoms with van der Waals surface area (Å²) in [7, 11) is 1.57. The van der Waals surface area contributed by atoms with Crippen molar-refractivity contribution in [2.24, 2.45) is 5.41 Å². The van der Waals surface area contributed by atoms with Gasteiger partial charge in [0.05, 0.1) is 18.4 Å². The molecule has 128 valence electrons. The first kappa shape index (κ1) is 15.5. The molecule has 4 rings (SSSR count). The number of ether oxygens (including phenoxy) is 2. The number of amides is 1. The Balaban J connectivity index is 1.62. The number of aliphatic hydroxyl groups excluding tert-OH is 1. The molecule has 2 N–H and O–H groups in total. The zero-order chi connectivity index (χ0) is 16.9. The van der Waals surface area contributed by atoms with Gasteiger partial charge in [-0.05, 0) is 31.4 Å². The Morgan fingerprint density at radius 3 is 2.88 bits per heavy atom. The number of rotatable bonds is 3. The normalized spacial score (nSPS) is 34.2. The zero-order valence-electron chi connectivity index (χ0n) is 14.1. The molecule has 24 heavy (non-hydrogen) atoms. The Bertz CT molecular complexity index is 728. The van der Waals surface area contributed by atoms with Crippen LogP contribution < -0.4 is 10.1 Å². The van der Waals surface area contributed by atoms with Crippen LogP contribution in [0, 0.1) is 5.41 Å². The van der Waals surface area contributed by atoms with Crippen LogP contribution in [0.3, 0.4) is 0 Å². The minimum absolute atomic E-state index is 0.0738. The van der Waals surface area contributed by atoms with Crippen LogP contribution in [-0.4, -0.2) is 29.8 Å². The second-order valence-corrected chi connectivity index (χ2v) is 7.35. The van der Waals surface area contributed by atoms with Crippen molar-refractivity contribution in [2.75, 3.05) is 12.4 Å². The van der Waals surface area contributed by atoms with E-state index in [1.165, 1.54) is 0 Å². The molecule has 1 saturated carbocycles. The molecule has 0 bridgehead atoms. The van der Waals surface area contributed by atoms with Gasteiger partial charge in [0.25, 0.3) is 5.91 Å². The van der Waals surface area contributed by atoms with Crippen LogP contribution in [0.2, 0.25) is 0 Å². The van der Waals surface area contributed by atoms with Crippen molar-refractivity contribution in [1.29, 1.82) is 0 Å². The third-order valence-electron chi connectivity index (χ3n) is 6.00. The molecule has 2 aliphatic carbocycles. The number of hydrogen-bond donors (Lipinski definition) is 2. The summed E-state index contributed by atoms with van der Waals surface area (Å²) in [5.74, 6) is 0.442. The van der Waals surface area contributed by atoms with Gasteiger partial charge in [-0.1, -0.05) is 31.9 Å². The van der Waals surface area contributed by atoms with Crippen molar-refractivity contribution in [3.05, 3.63) is 35.6 Å². The van der Waals surface area contributed by atoms with E-state index in [2.05, 4.69) is 12.2 Å². The van der Waals surface area contributed by atoms with Crippen molar-refractivity contribution in [2.45, 2.75) is 50.7 Å². The van der Waals surface area contributed by atoms with Gasteiger partial charge in [-0.2, -0.15) is 0 Å². The molecule has 1 saturated heterocycles. The molecule has 1 heterocycles. The summed E-state index contributed by atoms with van der Waals surface area (Å²) >= 11 is 0. The van der Waals surface area contributed by atoms with E-state index in [1.54, 1.807) is 19.2 Å². The summed E-state index contributed by atoms with van der Waals surface area (Å²) < 4.78 is 11.2. The van der Waals surface area contributed by atoms with E-state index in [1.807, 2.05) is 12.1 Å². The third kappa shape index (κ3) is 2.07. The van der Waals surface area contributed by atoms with Crippen LogP contribution in [0.5, 0.6) is 5.75 Å². The molecule has 0 radical (unpaired) electrons. The fourth-order valence-electron chi connectivity index (χ4n) is 4.54. The van der Waals surface area contributed by atoms with E-state index in [9.17, 15) is 9.90 Å². The number of carbonyl (C=O) groups excluding carboxylic acids is 1. The van der Waals surface area contributed by atoms with Crippen molar-refractivity contribution in [1.82, 2.24) is 0 Å². The smallest absolute Gasteiger partial charge is 0.255 e. The lowest BCUT2D eigenvalue weighted by atomic mass is 9.60. The summed E-state index contributed by atoms with van der Waals surface area (Å²) in [4.78, 5) is 12.8. The number of benzene rings is 1. The molecule has 1 aromatic carbocycles. The van der Waals surface area contributed by atoms with Gasteiger partial charge in [0.1, 0.15) is 23.2 Å². The second-order valence-electron chi connectivity index (χ2n) is 7.35. The number of hydrogen-bond acceptors (Lipinski definition) is 4. The number of anilines is 1. The number of methoxy groups -OCH3 is 1. The molecule has 5 nitrogen and oxygen atoms in total. The minimum Gasteiger partial charge on any atom is -0.509 e. The van der Waals surface area contributed by atoms with E-state index in [0.717, 1.165) is 25.7 Å². The van der Waals surface area contributed by atoms with E-state index < -0.39 is 0 Å². The monoisotopic (exact) mass is 329 g/mol. The molecule has 1 amide bonds. The maximum atomic E-state index is 12.8. The number of carbonyl (C=O) groups is 1. The number of para-hydroxylation sites is 2. The average Bonchev–Trinajstić information content (AvgIpc) is 3.32. The second kappa shape index (κ2) is 5.24. The molecular formula is C19H23NO4. The molecule has 0 unspecified atom stereocenters. The first-order chi connectivity index (χ1) is 11.5. The fraction of sp³-hybridized carbons (Fsp3) is 0.526. The Morgan fingerprint density at radius 2 is 2.08 bits per heavy atom. The standard InChI is InChI=1S/C19H23NO4/c1-18-9-5-6-10-19(18)16(24-19)15(21)12(11-18)17(22)20-13-7-3-4-8-14(13)23-2/h3-4,7-8,16,21H,5-6,9-11H2,1-2H3,(H,20,22)/t16-,18+,19-/m1/s1. The highest BCUT2D eigenvalue weighted by Gasteiger charge is 2.71. The highest BCUT2D eigenvalue weighted by molar-refractivity contribution is 6.05. The first-order valence-electron chi connectivity index (χ1n) is 8.55. The van der Waals surface area contributed by atoms with E-state index >= 15 is 0 Å². The van der Waals surface area contributed by atoms with E-state index in [4.69, 9.17) is 9.47 Å². The molecule has 0 aromatic heterocycles. The Labute approximate surface area is 141 Å². The van der Waals surface area contributed by atoms with Gasteiger partial charge in [-0.15, -0.1) is 0 Å². The molecule has 1 aliphatic heterocycles. The highest BCUT2D eigenvalue weighted by atomic mass is 16.6. The van der Waals surface area contributed by atoms with Crippen LogP contribution in [0.25, 0.3) is 0 Å². The molecule has 3 atom stereocenters. The Hall–Kier alpha value is -2.01. The molecule has 1 aromatic rings. The lowest BCUT2D eigenvalue weighted by Gasteiger charge is -2.42. The van der Waals surface area contributed by atoms with Gasteiger partial charge in [0.15, 0.2) is 0 Å². The zero-order valence-corrected chi connectivity index (χ0v) is 14.1. The van der Waals surface area contributed by atoms with Crippen LogP contribution in [0.4, 0.5) is 5.69 Å². The number of nitrogens with one attached hydrogen (secondary N) is 1.